The van der Waals surface area contributed by atoms with E-state index in [-0.39, 0.29) is 0 Å². The third-order valence-corrected chi connectivity index (χ3v) is 5.26. The van der Waals surface area contributed by atoms with Crippen molar-refractivity contribution in [3.63, 3.8) is 0 Å². The lowest BCUT2D eigenvalue weighted by molar-refractivity contribution is 0.208. The summed E-state index contributed by atoms with van der Waals surface area (Å²) in [6.07, 6.45) is 1.98. The van der Waals surface area contributed by atoms with Crippen molar-refractivity contribution < 1.29 is 4.74 Å². The number of rotatable bonds is 9. The molecule has 146 valence electrons. The van der Waals surface area contributed by atoms with Gasteiger partial charge in [0.25, 0.3) is 0 Å². The maximum absolute atomic E-state index is 5.82. The molecule has 0 amide bonds. The number of likely N-dealkylation sites (N-methyl/N-ethyl adjacent to an activating group) is 1. The van der Waals surface area contributed by atoms with Crippen LogP contribution in [0.2, 0.25) is 0 Å². The number of hydrogen-bond donors (Lipinski definition) is 1. The lowest BCUT2D eigenvalue weighted by Gasteiger charge is -2.32. The number of hydrogen-bond acceptors (Lipinski definition) is 3. The van der Waals surface area contributed by atoms with Crippen molar-refractivity contribution in [2.45, 2.75) is 25.8 Å². The average Bonchev–Trinajstić information content (AvgIpc) is 2.75. The Bertz CT molecular complexity index is 846. The Hall–Kier alpha value is -2.78. The highest BCUT2D eigenvalue weighted by Crippen LogP contribution is 2.28. The van der Waals surface area contributed by atoms with Gasteiger partial charge in [-0.05, 0) is 60.3 Å². The van der Waals surface area contributed by atoms with Crippen LogP contribution in [0.3, 0.4) is 0 Å². The van der Waals surface area contributed by atoms with Crippen LogP contribution >= 0.6 is 0 Å². The summed E-state index contributed by atoms with van der Waals surface area (Å²) in [7, 11) is 1.73. The van der Waals surface area contributed by atoms with E-state index in [1.165, 1.54) is 16.7 Å². The molecule has 0 aliphatic heterocycles. The van der Waals surface area contributed by atoms with Gasteiger partial charge in [-0.15, -0.1) is 0 Å². The predicted molar refractivity (Wildman–Crippen MR) is 118 cm³/mol. The molecule has 3 aromatic rings. The molecule has 3 aromatic carbocycles. The van der Waals surface area contributed by atoms with Crippen molar-refractivity contribution in [2.75, 3.05) is 25.9 Å². The van der Waals surface area contributed by atoms with E-state index in [9.17, 15) is 0 Å². The molecule has 0 aliphatic carbocycles. The van der Waals surface area contributed by atoms with Gasteiger partial charge >= 0.3 is 0 Å². The van der Waals surface area contributed by atoms with E-state index in [0.29, 0.717) is 6.04 Å². The van der Waals surface area contributed by atoms with Crippen LogP contribution < -0.4 is 10.5 Å². The van der Waals surface area contributed by atoms with Crippen LogP contribution in [0.5, 0.6) is 5.75 Å². The first-order valence-electron chi connectivity index (χ1n) is 9.96. The first-order chi connectivity index (χ1) is 13.7. The zero-order valence-corrected chi connectivity index (χ0v) is 16.8. The van der Waals surface area contributed by atoms with Crippen molar-refractivity contribution in [3.8, 4) is 5.75 Å². The smallest absolute Gasteiger partial charge is 0.119 e. The largest absolute Gasteiger partial charge is 0.497 e. The topological polar surface area (TPSA) is 38.5 Å². The summed E-state index contributed by atoms with van der Waals surface area (Å²) >= 11 is 0. The standard InChI is InChI=1S/C25H30N2O/c1-3-27(17-16-20-12-14-23(26)15-13-20)25(18-21-8-5-4-6-9-21)22-10-7-11-24(19-22)28-2/h4-15,19,25H,3,16-18,26H2,1-2H3. The van der Waals surface area contributed by atoms with E-state index in [2.05, 4.69) is 72.5 Å². The molecule has 2 N–H and O–H groups in total. The van der Waals surface area contributed by atoms with Gasteiger partial charge in [-0.1, -0.05) is 61.5 Å². The van der Waals surface area contributed by atoms with Gasteiger partial charge in [0.2, 0.25) is 0 Å². The van der Waals surface area contributed by atoms with Crippen molar-refractivity contribution in [2.24, 2.45) is 0 Å². The highest BCUT2D eigenvalue weighted by molar-refractivity contribution is 5.39. The molecule has 1 unspecified atom stereocenters. The van der Waals surface area contributed by atoms with Gasteiger partial charge in [-0.25, -0.2) is 0 Å². The van der Waals surface area contributed by atoms with Gasteiger partial charge in [-0.2, -0.15) is 0 Å². The minimum absolute atomic E-state index is 0.302. The van der Waals surface area contributed by atoms with Crippen LogP contribution in [-0.4, -0.2) is 25.1 Å². The van der Waals surface area contributed by atoms with Crippen molar-refractivity contribution in [3.05, 3.63) is 95.6 Å². The van der Waals surface area contributed by atoms with Gasteiger partial charge < -0.3 is 10.5 Å². The fraction of sp³-hybridized carbons (Fsp3) is 0.280. The van der Waals surface area contributed by atoms with Gasteiger partial charge in [0, 0.05) is 18.3 Å². The third-order valence-electron chi connectivity index (χ3n) is 5.26. The molecule has 0 radical (unpaired) electrons. The Morgan fingerprint density at radius 2 is 1.64 bits per heavy atom. The highest BCUT2D eigenvalue weighted by Gasteiger charge is 2.20. The van der Waals surface area contributed by atoms with Crippen LogP contribution in [-0.2, 0) is 12.8 Å². The Morgan fingerprint density at radius 1 is 0.893 bits per heavy atom. The molecular weight excluding hydrogens is 344 g/mol. The zero-order chi connectivity index (χ0) is 19.8. The first kappa shape index (κ1) is 20.0. The Morgan fingerprint density at radius 3 is 2.32 bits per heavy atom. The fourth-order valence-electron chi connectivity index (χ4n) is 3.64. The van der Waals surface area contributed by atoms with Gasteiger partial charge in [0.1, 0.15) is 5.75 Å². The lowest BCUT2D eigenvalue weighted by atomic mass is 9.96. The Kier molecular flexibility index (Phi) is 7.10. The Labute approximate surface area is 168 Å². The van der Waals surface area contributed by atoms with Crippen LogP contribution in [0.4, 0.5) is 5.69 Å². The average molecular weight is 375 g/mol. The van der Waals surface area contributed by atoms with E-state index < -0.39 is 0 Å². The fourth-order valence-corrected chi connectivity index (χ4v) is 3.64. The molecule has 3 rings (SSSR count). The summed E-state index contributed by atoms with van der Waals surface area (Å²) in [5, 5.41) is 0. The van der Waals surface area contributed by atoms with E-state index in [4.69, 9.17) is 10.5 Å². The minimum atomic E-state index is 0.302. The highest BCUT2D eigenvalue weighted by atomic mass is 16.5. The number of anilines is 1. The number of ether oxygens (including phenoxy) is 1. The molecule has 0 saturated carbocycles. The van der Waals surface area contributed by atoms with Gasteiger partial charge in [0.15, 0.2) is 0 Å². The number of nitrogen functional groups attached to an aromatic ring is 1. The number of methoxy groups -OCH3 is 1. The molecule has 0 aliphatic rings. The second-order valence-corrected chi connectivity index (χ2v) is 7.10. The normalized spacial score (nSPS) is 12.1. The van der Waals surface area contributed by atoms with Crippen LogP contribution in [0.15, 0.2) is 78.9 Å². The van der Waals surface area contributed by atoms with E-state index in [1.54, 1.807) is 7.11 Å². The second kappa shape index (κ2) is 9.95. The summed E-state index contributed by atoms with van der Waals surface area (Å²) < 4.78 is 5.48. The summed E-state index contributed by atoms with van der Waals surface area (Å²) in [5.41, 5.74) is 10.6. The third kappa shape index (κ3) is 5.37. The molecule has 0 aromatic heterocycles. The van der Waals surface area contributed by atoms with Crippen LogP contribution in [0.25, 0.3) is 0 Å². The van der Waals surface area contributed by atoms with Crippen molar-refractivity contribution >= 4 is 5.69 Å². The van der Waals surface area contributed by atoms with Crippen LogP contribution in [0.1, 0.15) is 29.7 Å². The monoisotopic (exact) mass is 374 g/mol. The zero-order valence-electron chi connectivity index (χ0n) is 16.8. The molecule has 0 saturated heterocycles. The number of nitrogens with zero attached hydrogens (tertiary/aromatic N) is 1. The van der Waals surface area contributed by atoms with E-state index >= 15 is 0 Å². The summed E-state index contributed by atoms with van der Waals surface area (Å²) in [6, 6.07) is 27.7. The number of nitrogens with two attached hydrogens (primary N) is 1. The molecule has 3 nitrogen and oxygen atoms in total. The molecule has 1 atom stereocenters. The molecular formula is C25H30N2O. The van der Waals surface area contributed by atoms with Crippen LogP contribution in [0, 0.1) is 0 Å². The minimum Gasteiger partial charge on any atom is -0.497 e. The predicted octanol–water partition coefficient (Wildman–Crippen LogP) is 5.13. The maximum atomic E-state index is 5.82. The van der Waals surface area contributed by atoms with E-state index in [1.807, 2.05) is 18.2 Å². The lowest BCUT2D eigenvalue weighted by Crippen LogP contribution is -2.32. The first-order valence-corrected chi connectivity index (χ1v) is 9.96. The molecule has 0 spiro atoms. The Balaban J connectivity index is 1.83. The second-order valence-electron chi connectivity index (χ2n) is 7.10. The molecule has 3 heteroatoms. The van der Waals surface area contributed by atoms with Crippen molar-refractivity contribution in [1.29, 1.82) is 0 Å². The van der Waals surface area contributed by atoms with Gasteiger partial charge in [0.05, 0.1) is 7.11 Å². The number of benzene rings is 3. The van der Waals surface area contributed by atoms with E-state index in [0.717, 1.165) is 37.4 Å². The summed E-state index contributed by atoms with van der Waals surface area (Å²) in [4.78, 5) is 2.55. The summed E-state index contributed by atoms with van der Waals surface area (Å²) in [5.74, 6) is 0.908. The van der Waals surface area contributed by atoms with Crippen molar-refractivity contribution in [1.82, 2.24) is 4.90 Å². The molecule has 0 fully saturated rings. The molecule has 0 heterocycles. The molecule has 28 heavy (non-hydrogen) atoms. The van der Waals surface area contributed by atoms with Gasteiger partial charge in [-0.3, -0.25) is 4.90 Å². The quantitative estimate of drug-likeness (QED) is 0.528. The maximum Gasteiger partial charge on any atom is 0.119 e. The summed E-state index contributed by atoms with van der Waals surface area (Å²) in [6.45, 7) is 4.22. The molecule has 0 bridgehead atoms. The SMILES string of the molecule is CCN(CCc1ccc(N)cc1)C(Cc1ccccc1)c1cccc(OC)c1.